The number of fused-ring (bicyclic) bond motifs is 1. The molecule has 0 N–H and O–H groups in total. The third kappa shape index (κ3) is 1.51. The monoisotopic (exact) mass is 228 g/mol. The molecule has 0 aliphatic carbocycles. The fraction of sp³-hybridized carbons (Fsp3) is 0.100. The summed E-state index contributed by atoms with van der Waals surface area (Å²) in [5, 5.41) is 1.61. The van der Waals surface area contributed by atoms with Crippen LogP contribution < -0.4 is 5.63 Å². The van der Waals surface area contributed by atoms with Gasteiger partial charge < -0.3 is 4.42 Å². The van der Waals surface area contributed by atoms with Gasteiger partial charge in [0.1, 0.15) is 0 Å². The van der Waals surface area contributed by atoms with E-state index < -0.39 is 0 Å². The zero-order valence-corrected chi connectivity index (χ0v) is 8.82. The molecule has 0 fully saturated rings. The van der Waals surface area contributed by atoms with E-state index in [0.717, 1.165) is 5.39 Å². The van der Waals surface area contributed by atoms with Gasteiger partial charge >= 0.3 is 5.63 Å². The van der Waals surface area contributed by atoms with Crippen molar-refractivity contribution in [3.8, 4) is 0 Å². The zero-order valence-electron chi connectivity index (χ0n) is 7.30. The molecule has 0 spiro atoms. The maximum atomic E-state index is 11.2. The Morgan fingerprint density at radius 1 is 1.21 bits per heavy atom. The molecule has 0 atom stereocenters. The first kappa shape index (κ1) is 9.56. The lowest BCUT2D eigenvalue weighted by molar-refractivity contribution is 0.555. The molecule has 0 saturated carbocycles. The molecule has 0 bridgehead atoms. The van der Waals surface area contributed by atoms with Gasteiger partial charge in [0, 0.05) is 16.0 Å². The van der Waals surface area contributed by atoms with Crippen molar-refractivity contribution < 1.29 is 4.42 Å². The highest BCUT2D eigenvalue weighted by Crippen LogP contribution is 2.27. The molecule has 2 nitrogen and oxygen atoms in total. The van der Waals surface area contributed by atoms with Crippen molar-refractivity contribution in [1.82, 2.24) is 0 Å². The van der Waals surface area contributed by atoms with Crippen LogP contribution >= 0.6 is 23.2 Å². The predicted octanol–water partition coefficient (Wildman–Crippen LogP) is 3.41. The molecule has 4 heteroatoms. The van der Waals surface area contributed by atoms with Crippen LogP contribution in [0.15, 0.2) is 27.4 Å². The fourth-order valence-corrected chi connectivity index (χ4v) is 1.81. The molecule has 0 unspecified atom stereocenters. The standard InChI is InChI=1S/C10H6Cl2O2/c1-5-2-6-3-7(11)4-8(12)9(6)14-10(5)13/h2-4H,1H3. The molecule has 1 heterocycles. The van der Waals surface area contributed by atoms with Crippen molar-refractivity contribution in [1.29, 1.82) is 0 Å². The van der Waals surface area contributed by atoms with Crippen LogP contribution in [-0.4, -0.2) is 0 Å². The molecule has 14 heavy (non-hydrogen) atoms. The largest absolute Gasteiger partial charge is 0.421 e. The predicted molar refractivity (Wildman–Crippen MR) is 57.2 cm³/mol. The van der Waals surface area contributed by atoms with Crippen molar-refractivity contribution in [2.24, 2.45) is 0 Å². The highest BCUT2D eigenvalue weighted by atomic mass is 35.5. The summed E-state index contributed by atoms with van der Waals surface area (Å²) in [5.74, 6) is 0. The summed E-state index contributed by atoms with van der Waals surface area (Å²) in [6.07, 6.45) is 0. The van der Waals surface area contributed by atoms with E-state index in [1.807, 2.05) is 0 Å². The Balaban J connectivity index is 2.96. The maximum Gasteiger partial charge on any atom is 0.339 e. The van der Waals surface area contributed by atoms with Crippen LogP contribution in [-0.2, 0) is 0 Å². The van der Waals surface area contributed by atoms with Gasteiger partial charge in [-0.3, -0.25) is 0 Å². The molecule has 0 aliphatic rings. The molecule has 0 radical (unpaired) electrons. The van der Waals surface area contributed by atoms with Gasteiger partial charge in [-0.1, -0.05) is 23.2 Å². The Labute approximate surface area is 90.1 Å². The van der Waals surface area contributed by atoms with E-state index in [2.05, 4.69) is 0 Å². The fourth-order valence-electron chi connectivity index (χ4n) is 1.26. The Morgan fingerprint density at radius 2 is 1.93 bits per heavy atom. The Hall–Kier alpha value is -0.990. The summed E-state index contributed by atoms with van der Waals surface area (Å²) < 4.78 is 5.03. The lowest BCUT2D eigenvalue weighted by Gasteiger charge is -2.00. The van der Waals surface area contributed by atoms with Gasteiger partial charge in [-0.15, -0.1) is 0 Å². The van der Waals surface area contributed by atoms with Crippen molar-refractivity contribution in [2.75, 3.05) is 0 Å². The number of rotatable bonds is 0. The topological polar surface area (TPSA) is 30.2 Å². The lowest BCUT2D eigenvalue weighted by Crippen LogP contribution is -2.01. The molecule has 2 aromatic rings. The van der Waals surface area contributed by atoms with Gasteiger partial charge in [-0.2, -0.15) is 0 Å². The van der Waals surface area contributed by atoms with Gasteiger partial charge in [0.15, 0.2) is 5.58 Å². The number of aryl methyl sites for hydroxylation is 1. The van der Waals surface area contributed by atoms with Crippen molar-refractivity contribution in [3.63, 3.8) is 0 Å². The van der Waals surface area contributed by atoms with Crippen LogP contribution in [0.4, 0.5) is 0 Å². The molecule has 0 saturated heterocycles. The average Bonchev–Trinajstić information content (AvgIpc) is 2.08. The third-order valence-corrected chi connectivity index (χ3v) is 2.42. The zero-order chi connectivity index (χ0) is 10.3. The Bertz CT molecular complexity index is 558. The normalized spacial score (nSPS) is 10.8. The van der Waals surface area contributed by atoms with E-state index in [4.69, 9.17) is 27.6 Å². The molecular formula is C10H6Cl2O2. The Morgan fingerprint density at radius 3 is 2.64 bits per heavy atom. The molecular weight excluding hydrogens is 223 g/mol. The lowest BCUT2D eigenvalue weighted by atomic mass is 10.2. The molecule has 0 aliphatic heterocycles. The van der Waals surface area contributed by atoms with Gasteiger partial charge in [0.25, 0.3) is 0 Å². The second kappa shape index (κ2) is 3.30. The van der Waals surface area contributed by atoms with Gasteiger partial charge in [0.05, 0.1) is 5.02 Å². The third-order valence-electron chi connectivity index (χ3n) is 1.93. The van der Waals surface area contributed by atoms with Gasteiger partial charge in [-0.05, 0) is 25.1 Å². The summed E-state index contributed by atoms with van der Waals surface area (Å²) in [6, 6.07) is 4.96. The molecule has 1 aromatic carbocycles. The first-order valence-electron chi connectivity index (χ1n) is 3.97. The maximum absolute atomic E-state index is 11.2. The summed E-state index contributed by atoms with van der Waals surface area (Å²) >= 11 is 11.7. The minimum absolute atomic E-state index is 0.351. The van der Waals surface area contributed by atoms with Crippen LogP contribution in [0.1, 0.15) is 5.56 Å². The van der Waals surface area contributed by atoms with Crippen LogP contribution in [0.3, 0.4) is 0 Å². The van der Waals surface area contributed by atoms with Crippen molar-refractivity contribution >= 4 is 34.2 Å². The van der Waals surface area contributed by atoms with Crippen molar-refractivity contribution in [3.05, 3.63) is 44.2 Å². The van der Waals surface area contributed by atoms with E-state index in [0.29, 0.717) is 21.2 Å². The second-order valence-electron chi connectivity index (χ2n) is 3.02. The summed E-state index contributed by atoms with van der Waals surface area (Å²) in [7, 11) is 0. The van der Waals surface area contributed by atoms with E-state index >= 15 is 0 Å². The number of benzene rings is 1. The van der Waals surface area contributed by atoms with Crippen LogP contribution in [0, 0.1) is 6.92 Å². The van der Waals surface area contributed by atoms with Crippen molar-refractivity contribution in [2.45, 2.75) is 6.92 Å². The van der Waals surface area contributed by atoms with E-state index in [1.165, 1.54) is 0 Å². The molecule has 72 valence electrons. The summed E-state index contributed by atoms with van der Waals surface area (Å²) in [4.78, 5) is 11.2. The Kier molecular flexibility index (Phi) is 2.25. The molecule has 2 rings (SSSR count). The van der Waals surface area contributed by atoms with Gasteiger partial charge in [0.2, 0.25) is 0 Å². The molecule has 0 amide bonds. The van der Waals surface area contributed by atoms with Crippen LogP contribution in [0.25, 0.3) is 11.0 Å². The smallest absolute Gasteiger partial charge is 0.339 e. The number of halogens is 2. The summed E-state index contributed by atoms with van der Waals surface area (Å²) in [5.41, 5.74) is 0.546. The highest BCUT2D eigenvalue weighted by Gasteiger charge is 2.06. The first-order valence-corrected chi connectivity index (χ1v) is 4.73. The van der Waals surface area contributed by atoms with E-state index in [1.54, 1.807) is 25.1 Å². The minimum Gasteiger partial charge on any atom is -0.421 e. The van der Waals surface area contributed by atoms with Crippen LogP contribution in [0.2, 0.25) is 10.0 Å². The van der Waals surface area contributed by atoms with E-state index in [9.17, 15) is 4.79 Å². The van der Waals surface area contributed by atoms with Gasteiger partial charge in [-0.25, -0.2) is 4.79 Å². The molecule has 1 aromatic heterocycles. The second-order valence-corrected chi connectivity index (χ2v) is 3.87. The van der Waals surface area contributed by atoms with Crippen LogP contribution in [0.5, 0.6) is 0 Å². The highest BCUT2D eigenvalue weighted by molar-refractivity contribution is 6.38. The summed E-state index contributed by atoms with van der Waals surface area (Å²) in [6.45, 7) is 1.68. The van der Waals surface area contributed by atoms with E-state index in [-0.39, 0.29) is 5.63 Å². The SMILES string of the molecule is Cc1cc2cc(Cl)cc(Cl)c2oc1=O. The first-order chi connectivity index (χ1) is 6.58. The minimum atomic E-state index is -0.373. The number of hydrogen-bond donors (Lipinski definition) is 0. The quantitative estimate of drug-likeness (QED) is 0.648. The average molecular weight is 229 g/mol. The number of hydrogen-bond acceptors (Lipinski definition) is 2.